The summed E-state index contributed by atoms with van der Waals surface area (Å²) in [5, 5.41) is 9.91. The summed E-state index contributed by atoms with van der Waals surface area (Å²) in [6.07, 6.45) is 1.26. The second-order valence-corrected chi connectivity index (χ2v) is 2.52. The summed E-state index contributed by atoms with van der Waals surface area (Å²) in [6, 6.07) is -3.78. The van der Waals surface area contributed by atoms with Crippen molar-refractivity contribution in [1.29, 1.82) is 0 Å². The first-order valence-corrected chi connectivity index (χ1v) is 3.39. The van der Waals surface area contributed by atoms with Crippen LogP contribution in [0.15, 0.2) is 0 Å². The molecular formula is C6H8F2KNO2. The third kappa shape index (κ3) is 2.71. The maximum Gasteiger partial charge on any atom is 1.00 e. The van der Waals surface area contributed by atoms with Gasteiger partial charge in [-0.05, 0) is 12.8 Å². The zero-order chi connectivity index (χ0) is 8.48. The fraction of sp³-hybridized carbons (Fsp3) is 0.833. The van der Waals surface area contributed by atoms with E-state index in [0.29, 0.717) is 17.7 Å². The first-order valence-electron chi connectivity index (χ1n) is 3.39. The van der Waals surface area contributed by atoms with Gasteiger partial charge in [0.25, 0.3) is 0 Å². The zero-order valence-corrected chi connectivity index (χ0v) is 9.97. The molecule has 1 rings (SSSR count). The van der Waals surface area contributed by atoms with Crippen LogP contribution in [0, 0.1) is 0 Å². The molecule has 64 valence electrons. The molecule has 0 bridgehead atoms. The topological polar surface area (TPSA) is 43.4 Å². The van der Waals surface area contributed by atoms with E-state index in [1.54, 1.807) is 0 Å². The number of hydrogen-bond donors (Lipinski definition) is 0. The molecule has 6 heteroatoms. The Morgan fingerprint density at radius 3 is 2.08 bits per heavy atom. The Bertz CT molecular complexity index is 171. The van der Waals surface area contributed by atoms with Crippen LogP contribution in [0.3, 0.4) is 0 Å². The van der Waals surface area contributed by atoms with Crippen molar-refractivity contribution in [2.75, 3.05) is 13.1 Å². The van der Waals surface area contributed by atoms with Gasteiger partial charge in [0.05, 0.1) is 0 Å². The number of carboxylic acids is 1. The average Bonchev–Trinajstić information content (AvgIpc) is 2.37. The van der Waals surface area contributed by atoms with Gasteiger partial charge in [0.2, 0.25) is 0 Å². The van der Waals surface area contributed by atoms with Gasteiger partial charge in [0, 0.05) is 13.1 Å². The molecular weight excluding hydrogens is 195 g/mol. The van der Waals surface area contributed by atoms with E-state index in [2.05, 4.69) is 0 Å². The molecule has 1 fully saturated rings. The number of carbonyl (C=O) groups excluding carboxylic acids is 1. The quantitative estimate of drug-likeness (QED) is 0.344. The number of carboxylic acid groups (broad SMARTS) is 1. The maximum absolute atomic E-state index is 12.5. The van der Waals surface area contributed by atoms with Crippen molar-refractivity contribution >= 4 is 5.97 Å². The number of rotatable bonds is 2. The second kappa shape index (κ2) is 4.97. The first kappa shape index (κ1) is 12.9. The van der Waals surface area contributed by atoms with E-state index in [-0.39, 0.29) is 64.5 Å². The van der Waals surface area contributed by atoms with Crippen molar-refractivity contribution in [2.24, 2.45) is 0 Å². The summed E-state index contributed by atoms with van der Waals surface area (Å²) in [7, 11) is 0. The van der Waals surface area contributed by atoms with Crippen molar-refractivity contribution in [3.63, 3.8) is 0 Å². The number of nitrogens with zero attached hydrogens (tertiary/aromatic N) is 1. The molecule has 0 N–H and O–H groups in total. The Hall–Kier alpha value is 0.926. The average molecular weight is 203 g/mol. The summed E-state index contributed by atoms with van der Waals surface area (Å²) in [6.45, 7) is 0.280. The molecule has 12 heavy (non-hydrogen) atoms. The molecule has 0 aromatic rings. The SMILES string of the molecule is O=C([O-])C(F)(F)N1CCCC1.[K+]. The Kier molecular flexibility index (Phi) is 5.35. The molecule has 0 aromatic heterocycles. The largest absolute Gasteiger partial charge is 1.00 e. The van der Waals surface area contributed by atoms with Gasteiger partial charge in [0.15, 0.2) is 0 Å². The Labute approximate surface area is 112 Å². The van der Waals surface area contributed by atoms with E-state index in [1.165, 1.54) is 0 Å². The zero-order valence-electron chi connectivity index (χ0n) is 6.85. The van der Waals surface area contributed by atoms with E-state index in [1.807, 2.05) is 0 Å². The van der Waals surface area contributed by atoms with Crippen LogP contribution in [0.5, 0.6) is 0 Å². The second-order valence-electron chi connectivity index (χ2n) is 2.52. The molecule has 3 nitrogen and oxygen atoms in total. The summed E-state index contributed by atoms with van der Waals surface area (Å²) in [5.41, 5.74) is 0. The summed E-state index contributed by atoms with van der Waals surface area (Å²) >= 11 is 0. The summed E-state index contributed by atoms with van der Waals surface area (Å²) in [5.74, 6) is -2.31. The molecule has 1 aliphatic heterocycles. The molecule has 1 aliphatic rings. The Morgan fingerprint density at radius 1 is 1.33 bits per heavy atom. The van der Waals surface area contributed by atoms with Crippen LogP contribution in [0.25, 0.3) is 0 Å². The third-order valence-corrected chi connectivity index (χ3v) is 1.75. The van der Waals surface area contributed by atoms with E-state index < -0.39 is 12.0 Å². The number of halogens is 2. The van der Waals surface area contributed by atoms with Crippen LogP contribution in [0.1, 0.15) is 12.8 Å². The van der Waals surface area contributed by atoms with Crippen LogP contribution in [-0.2, 0) is 4.79 Å². The van der Waals surface area contributed by atoms with Gasteiger partial charge in [-0.25, -0.2) is 4.90 Å². The standard InChI is InChI=1S/C6H9F2NO2.K/c7-6(8,5(10)11)9-3-1-2-4-9;/h1-4H2,(H,10,11);/q;+1/p-1. The molecule has 0 aromatic carbocycles. The van der Waals surface area contributed by atoms with Crippen LogP contribution < -0.4 is 56.5 Å². The molecule has 1 heterocycles. The summed E-state index contributed by atoms with van der Waals surface area (Å²) in [4.78, 5) is 10.5. The van der Waals surface area contributed by atoms with Gasteiger partial charge >= 0.3 is 57.4 Å². The minimum Gasteiger partial charge on any atom is -0.543 e. The predicted molar refractivity (Wildman–Crippen MR) is 30.8 cm³/mol. The number of likely N-dealkylation sites (tertiary alicyclic amines) is 1. The van der Waals surface area contributed by atoms with Crippen LogP contribution >= 0.6 is 0 Å². The number of alkyl halides is 2. The maximum atomic E-state index is 12.5. The molecule has 0 atom stereocenters. The van der Waals surface area contributed by atoms with Gasteiger partial charge in [0.1, 0.15) is 5.97 Å². The molecule has 0 unspecified atom stereocenters. The van der Waals surface area contributed by atoms with E-state index >= 15 is 0 Å². The fourth-order valence-electron chi connectivity index (χ4n) is 1.13. The number of aliphatic carboxylic acids is 1. The van der Waals surface area contributed by atoms with Crippen molar-refractivity contribution in [3.8, 4) is 0 Å². The number of hydrogen-bond acceptors (Lipinski definition) is 3. The normalized spacial score (nSPS) is 18.8. The predicted octanol–water partition coefficient (Wildman–Crippen LogP) is -3.57. The smallest absolute Gasteiger partial charge is 0.543 e. The third-order valence-electron chi connectivity index (χ3n) is 1.75. The fourth-order valence-corrected chi connectivity index (χ4v) is 1.13. The molecule has 0 radical (unpaired) electrons. The monoisotopic (exact) mass is 203 g/mol. The van der Waals surface area contributed by atoms with Gasteiger partial charge in [-0.15, -0.1) is 0 Å². The molecule has 0 saturated carbocycles. The number of carbonyl (C=O) groups is 1. The van der Waals surface area contributed by atoms with E-state index in [0.717, 1.165) is 0 Å². The first-order chi connectivity index (χ1) is 5.05. The van der Waals surface area contributed by atoms with E-state index in [4.69, 9.17) is 0 Å². The van der Waals surface area contributed by atoms with Crippen molar-refractivity contribution in [3.05, 3.63) is 0 Å². The van der Waals surface area contributed by atoms with E-state index in [9.17, 15) is 18.7 Å². The van der Waals surface area contributed by atoms with Gasteiger partial charge < -0.3 is 9.90 Å². The Balaban J connectivity index is 0.00000121. The molecule has 0 amide bonds. The van der Waals surface area contributed by atoms with Gasteiger partial charge in [-0.3, -0.25) is 0 Å². The van der Waals surface area contributed by atoms with Crippen molar-refractivity contribution < 1.29 is 70.1 Å². The van der Waals surface area contributed by atoms with Gasteiger partial charge in [-0.2, -0.15) is 8.78 Å². The van der Waals surface area contributed by atoms with Crippen molar-refractivity contribution in [2.45, 2.75) is 18.9 Å². The Morgan fingerprint density at radius 2 is 1.75 bits per heavy atom. The molecule has 1 saturated heterocycles. The van der Waals surface area contributed by atoms with Crippen molar-refractivity contribution in [1.82, 2.24) is 4.90 Å². The van der Waals surface area contributed by atoms with Crippen LogP contribution in [0.4, 0.5) is 8.78 Å². The van der Waals surface area contributed by atoms with Crippen LogP contribution in [0.2, 0.25) is 0 Å². The molecule has 0 spiro atoms. The van der Waals surface area contributed by atoms with Gasteiger partial charge in [-0.1, -0.05) is 0 Å². The molecule has 0 aliphatic carbocycles. The van der Waals surface area contributed by atoms with Crippen LogP contribution in [-0.4, -0.2) is 30.0 Å². The minimum atomic E-state index is -3.78. The minimum absolute atomic E-state index is 0. The summed E-state index contributed by atoms with van der Waals surface area (Å²) < 4.78 is 25.0.